The van der Waals surface area contributed by atoms with Crippen molar-refractivity contribution in [2.75, 3.05) is 6.61 Å². The molecule has 17 heavy (non-hydrogen) atoms. The van der Waals surface area contributed by atoms with Gasteiger partial charge in [-0.25, -0.2) is 4.39 Å². The van der Waals surface area contributed by atoms with Gasteiger partial charge in [0.25, 0.3) is 0 Å². The molecule has 0 fully saturated rings. The van der Waals surface area contributed by atoms with Crippen molar-refractivity contribution in [2.24, 2.45) is 0 Å². The lowest BCUT2D eigenvalue weighted by molar-refractivity contribution is -0.132. The molecule has 0 amide bonds. The van der Waals surface area contributed by atoms with E-state index in [4.69, 9.17) is 10.00 Å². The van der Waals surface area contributed by atoms with Crippen LogP contribution in [0.1, 0.15) is 5.56 Å². The fourth-order valence-electron chi connectivity index (χ4n) is 0.940. The number of hydrogen-bond donors (Lipinski definition) is 0. The van der Waals surface area contributed by atoms with Crippen LogP contribution in [0, 0.1) is 17.1 Å². The first-order valence-corrected chi connectivity index (χ1v) is 5.29. The second kappa shape index (κ2) is 5.36. The molecule has 0 aliphatic heterocycles. The van der Waals surface area contributed by atoms with E-state index in [-0.39, 0.29) is 11.3 Å². The van der Waals surface area contributed by atoms with Gasteiger partial charge in [-0.15, -0.1) is 0 Å². The first-order valence-electron chi connectivity index (χ1n) is 4.38. The number of nitriles is 1. The minimum atomic E-state index is -4.43. The molecule has 1 atom stereocenters. The van der Waals surface area contributed by atoms with Crippen molar-refractivity contribution >= 4 is 15.9 Å². The van der Waals surface area contributed by atoms with Crippen LogP contribution in [-0.2, 0) is 0 Å². The number of halogens is 5. The molecule has 0 N–H and O–H groups in total. The Morgan fingerprint density at radius 1 is 1.41 bits per heavy atom. The molecule has 0 aromatic heterocycles. The van der Waals surface area contributed by atoms with Gasteiger partial charge in [0.15, 0.2) is 0 Å². The fraction of sp³-hybridized carbons (Fsp3) is 0.300. The van der Waals surface area contributed by atoms with E-state index in [2.05, 4.69) is 15.9 Å². The Hall–Kier alpha value is -1.29. The molecule has 1 rings (SSSR count). The van der Waals surface area contributed by atoms with Gasteiger partial charge < -0.3 is 4.74 Å². The van der Waals surface area contributed by atoms with Gasteiger partial charge >= 0.3 is 6.18 Å². The second-order valence-electron chi connectivity index (χ2n) is 3.07. The third kappa shape index (κ3) is 3.89. The van der Waals surface area contributed by atoms with Crippen molar-refractivity contribution in [3.8, 4) is 11.8 Å². The average molecular weight is 312 g/mol. The maximum Gasteiger partial charge on any atom is 0.404 e. The molecule has 1 aromatic carbocycles. The van der Waals surface area contributed by atoms with Gasteiger partial charge in [0, 0.05) is 6.07 Å². The molecule has 0 bridgehead atoms. The van der Waals surface area contributed by atoms with Crippen LogP contribution in [0.2, 0.25) is 0 Å². The zero-order chi connectivity index (χ0) is 13.1. The highest BCUT2D eigenvalue weighted by Gasteiger charge is 2.38. The normalized spacial score (nSPS) is 12.9. The molecule has 1 unspecified atom stereocenters. The minimum Gasteiger partial charge on any atom is -0.492 e. The predicted octanol–water partition coefficient (Wildman–Crippen LogP) is 3.40. The Morgan fingerprint density at radius 3 is 2.53 bits per heavy atom. The van der Waals surface area contributed by atoms with Gasteiger partial charge in [-0.1, -0.05) is 15.9 Å². The highest BCUT2D eigenvalue weighted by Crippen LogP contribution is 2.27. The molecule has 0 saturated carbocycles. The van der Waals surface area contributed by atoms with E-state index in [1.165, 1.54) is 6.07 Å². The zero-order valence-electron chi connectivity index (χ0n) is 8.26. The summed E-state index contributed by atoms with van der Waals surface area (Å²) < 4.78 is 54.1. The summed E-state index contributed by atoms with van der Waals surface area (Å²) in [5.74, 6) is -0.890. The highest BCUT2D eigenvalue weighted by atomic mass is 79.9. The summed E-state index contributed by atoms with van der Waals surface area (Å²) in [6.45, 7) is -0.672. The Morgan fingerprint density at radius 2 is 2.06 bits per heavy atom. The quantitative estimate of drug-likeness (QED) is 0.633. The van der Waals surface area contributed by atoms with Crippen molar-refractivity contribution in [3.05, 3.63) is 29.6 Å². The van der Waals surface area contributed by atoms with Gasteiger partial charge in [-0.3, -0.25) is 0 Å². The van der Waals surface area contributed by atoms with Crippen molar-refractivity contribution in [3.63, 3.8) is 0 Å². The van der Waals surface area contributed by atoms with Crippen molar-refractivity contribution in [2.45, 2.75) is 11.0 Å². The number of hydrogen-bond acceptors (Lipinski definition) is 2. The lowest BCUT2D eigenvalue weighted by Crippen LogP contribution is -2.28. The number of rotatable bonds is 3. The summed E-state index contributed by atoms with van der Waals surface area (Å²) in [5.41, 5.74) is -0.191. The summed E-state index contributed by atoms with van der Waals surface area (Å²) in [4.78, 5) is -1.83. The molecular weight excluding hydrogens is 306 g/mol. The Labute approximate surface area is 103 Å². The van der Waals surface area contributed by atoms with E-state index >= 15 is 0 Å². The summed E-state index contributed by atoms with van der Waals surface area (Å²) >= 11 is 2.41. The molecule has 0 aliphatic carbocycles. The summed E-state index contributed by atoms with van der Waals surface area (Å²) in [5, 5.41) is 8.45. The van der Waals surface area contributed by atoms with E-state index in [9.17, 15) is 17.6 Å². The third-order valence-electron chi connectivity index (χ3n) is 1.81. The molecule has 0 spiro atoms. The van der Waals surface area contributed by atoms with E-state index in [0.29, 0.717) is 0 Å². The Balaban J connectivity index is 2.66. The van der Waals surface area contributed by atoms with Gasteiger partial charge in [-0.2, -0.15) is 18.4 Å². The van der Waals surface area contributed by atoms with Gasteiger partial charge in [0.2, 0.25) is 0 Å². The Kier molecular flexibility index (Phi) is 4.34. The van der Waals surface area contributed by atoms with Gasteiger partial charge in [0.05, 0.1) is 5.56 Å². The van der Waals surface area contributed by atoms with Crippen LogP contribution in [0.25, 0.3) is 0 Å². The monoisotopic (exact) mass is 311 g/mol. The van der Waals surface area contributed by atoms with Crippen LogP contribution in [0.5, 0.6) is 5.75 Å². The molecule has 0 heterocycles. The zero-order valence-corrected chi connectivity index (χ0v) is 9.85. The van der Waals surface area contributed by atoms with Crippen LogP contribution in [0.3, 0.4) is 0 Å². The first-order chi connectivity index (χ1) is 7.84. The number of alkyl halides is 4. The maximum absolute atomic E-state index is 13.1. The maximum atomic E-state index is 13.1. The third-order valence-corrected chi connectivity index (χ3v) is 2.60. The number of benzene rings is 1. The van der Waals surface area contributed by atoms with E-state index in [0.717, 1.165) is 12.1 Å². The molecule has 7 heteroatoms. The van der Waals surface area contributed by atoms with Crippen molar-refractivity contribution < 1.29 is 22.3 Å². The van der Waals surface area contributed by atoms with Crippen LogP contribution in [0.4, 0.5) is 17.6 Å². The molecule has 0 radical (unpaired) electrons. The van der Waals surface area contributed by atoms with Gasteiger partial charge in [0.1, 0.15) is 29.1 Å². The van der Waals surface area contributed by atoms with Crippen LogP contribution >= 0.6 is 15.9 Å². The van der Waals surface area contributed by atoms with Crippen LogP contribution in [0.15, 0.2) is 18.2 Å². The molecule has 0 aliphatic rings. The van der Waals surface area contributed by atoms with Crippen molar-refractivity contribution in [1.82, 2.24) is 0 Å². The summed E-state index contributed by atoms with van der Waals surface area (Å²) in [6, 6.07) is 4.84. The van der Waals surface area contributed by atoms with Crippen LogP contribution in [-0.4, -0.2) is 17.6 Å². The lowest BCUT2D eigenvalue weighted by atomic mass is 10.2. The largest absolute Gasteiger partial charge is 0.492 e. The smallest absolute Gasteiger partial charge is 0.404 e. The van der Waals surface area contributed by atoms with Crippen LogP contribution < -0.4 is 4.74 Å². The average Bonchev–Trinajstić information content (AvgIpc) is 2.24. The predicted molar refractivity (Wildman–Crippen MR) is 55.4 cm³/mol. The molecular formula is C10H6BrF4NO. The standard InChI is InChI=1S/C10H6BrF4NO/c11-9(10(13,14)15)5-17-7-2-1-6(4-16)8(12)3-7/h1-3,9H,5H2. The number of nitrogens with zero attached hydrogens (tertiary/aromatic N) is 1. The Bertz CT molecular complexity index is 441. The van der Waals surface area contributed by atoms with Gasteiger partial charge in [-0.05, 0) is 12.1 Å². The fourth-order valence-corrected chi connectivity index (χ4v) is 1.07. The minimum absolute atomic E-state index is 0.0600. The van der Waals surface area contributed by atoms with Crippen molar-refractivity contribution in [1.29, 1.82) is 5.26 Å². The summed E-state index contributed by atoms with van der Waals surface area (Å²) in [6.07, 6.45) is -4.43. The van der Waals surface area contributed by atoms with E-state index in [1.807, 2.05) is 0 Å². The topological polar surface area (TPSA) is 33.0 Å². The molecule has 92 valence electrons. The van der Waals surface area contributed by atoms with E-state index in [1.54, 1.807) is 6.07 Å². The molecule has 2 nitrogen and oxygen atoms in total. The number of ether oxygens (including phenoxy) is 1. The molecule has 1 aromatic rings. The second-order valence-corrected chi connectivity index (χ2v) is 4.18. The summed E-state index contributed by atoms with van der Waals surface area (Å²) in [7, 11) is 0. The highest BCUT2D eigenvalue weighted by molar-refractivity contribution is 9.09. The molecule has 0 saturated heterocycles. The van der Waals surface area contributed by atoms with E-state index < -0.39 is 23.4 Å². The lowest BCUT2D eigenvalue weighted by Gasteiger charge is -2.14. The first kappa shape index (κ1) is 13.8. The SMILES string of the molecule is N#Cc1ccc(OCC(Br)C(F)(F)F)cc1F.